The van der Waals surface area contributed by atoms with Gasteiger partial charge in [0.2, 0.25) is 0 Å². The maximum absolute atomic E-state index is 6.65. The highest BCUT2D eigenvalue weighted by Gasteiger charge is 2.36. The molecule has 0 amide bonds. The van der Waals surface area contributed by atoms with Crippen molar-refractivity contribution in [3.63, 3.8) is 0 Å². The smallest absolute Gasteiger partial charge is 0.167 e. The molecular formula is C38H68O3Si. The van der Waals surface area contributed by atoms with Gasteiger partial charge in [0, 0.05) is 0 Å². The molecule has 0 aromatic heterocycles. The molecule has 0 spiro atoms. The van der Waals surface area contributed by atoms with Crippen molar-refractivity contribution < 1.29 is 14.2 Å². The molecule has 0 aliphatic heterocycles. The molecule has 0 radical (unpaired) electrons. The molecule has 0 aromatic carbocycles. The zero-order chi connectivity index (χ0) is 31.8. The van der Waals surface area contributed by atoms with Crippen LogP contribution < -0.4 is 0 Å². The summed E-state index contributed by atoms with van der Waals surface area (Å²) in [6, 6.07) is 0. The summed E-state index contributed by atoms with van der Waals surface area (Å²) in [4.78, 5) is 0. The lowest BCUT2D eigenvalue weighted by Crippen LogP contribution is -2.50. The first-order valence-corrected chi connectivity index (χ1v) is 17.7. The van der Waals surface area contributed by atoms with Crippen LogP contribution in [0.15, 0.2) is 69.9 Å². The molecule has 1 atom stereocenters. The molecular weight excluding hydrogens is 533 g/mol. The second-order valence-corrected chi connectivity index (χ2v) is 14.3. The summed E-state index contributed by atoms with van der Waals surface area (Å²) >= 11 is 0. The van der Waals surface area contributed by atoms with Crippen LogP contribution in [0.1, 0.15) is 140 Å². The Morgan fingerprint density at radius 3 is 1.36 bits per heavy atom. The van der Waals surface area contributed by atoms with Crippen LogP contribution >= 0.6 is 0 Å². The first-order chi connectivity index (χ1) is 19.9. The average molecular weight is 601 g/mol. The van der Waals surface area contributed by atoms with Gasteiger partial charge in [-0.2, -0.15) is 0 Å². The monoisotopic (exact) mass is 600 g/mol. The van der Waals surface area contributed by atoms with Crippen LogP contribution in [0.3, 0.4) is 0 Å². The molecule has 242 valence electrons. The summed E-state index contributed by atoms with van der Waals surface area (Å²) in [5.74, 6) is 0. The Hall–Kier alpha value is -1.46. The highest BCUT2D eigenvalue weighted by Crippen LogP contribution is 2.25. The van der Waals surface area contributed by atoms with E-state index in [-0.39, 0.29) is 6.10 Å². The Balaban J connectivity index is 5.71. The lowest BCUT2D eigenvalue weighted by molar-refractivity contribution is -0.230. The zero-order valence-electron chi connectivity index (χ0n) is 29.7. The van der Waals surface area contributed by atoms with E-state index < -0.39 is 5.41 Å². The van der Waals surface area contributed by atoms with Gasteiger partial charge < -0.3 is 14.2 Å². The van der Waals surface area contributed by atoms with Crippen molar-refractivity contribution in [2.45, 2.75) is 151 Å². The van der Waals surface area contributed by atoms with E-state index in [1.807, 2.05) is 0 Å². The van der Waals surface area contributed by atoms with Crippen LogP contribution in [0.2, 0.25) is 0 Å². The van der Waals surface area contributed by atoms with Crippen molar-refractivity contribution in [1.29, 1.82) is 0 Å². The van der Waals surface area contributed by atoms with Gasteiger partial charge in [-0.1, -0.05) is 103 Å². The Morgan fingerprint density at radius 1 is 0.571 bits per heavy atom. The average Bonchev–Trinajstić information content (AvgIpc) is 2.89. The fourth-order valence-electron chi connectivity index (χ4n) is 4.56. The van der Waals surface area contributed by atoms with E-state index in [1.54, 1.807) is 0 Å². The normalized spacial score (nSPS) is 14.9. The highest BCUT2D eigenvalue weighted by atomic mass is 28.1. The summed E-state index contributed by atoms with van der Waals surface area (Å²) in [6.07, 6.45) is 25.8. The fourth-order valence-corrected chi connectivity index (χ4v) is 5.35. The van der Waals surface area contributed by atoms with Crippen molar-refractivity contribution in [3.05, 3.63) is 69.9 Å². The van der Waals surface area contributed by atoms with E-state index in [1.165, 1.54) is 52.7 Å². The number of ether oxygens (including phenoxy) is 3. The van der Waals surface area contributed by atoms with E-state index in [0.717, 1.165) is 61.6 Å². The van der Waals surface area contributed by atoms with Crippen molar-refractivity contribution in [2.24, 2.45) is 0 Å². The Bertz CT molecular complexity index is 849. The molecule has 0 fully saturated rings. The predicted molar refractivity (Wildman–Crippen MR) is 190 cm³/mol. The van der Waals surface area contributed by atoms with Crippen molar-refractivity contribution in [1.82, 2.24) is 0 Å². The third-order valence-corrected chi connectivity index (χ3v) is 8.73. The van der Waals surface area contributed by atoms with Crippen LogP contribution in [0, 0.1) is 0 Å². The highest BCUT2D eigenvalue weighted by molar-refractivity contribution is 6.14. The van der Waals surface area contributed by atoms with Gasteiger partial charge in [0.25, 0.3) is 0 Å². The minimum absolute atomic E-state index is 0.0818. The van der Waals surface area contributed by atoms with E-state index >= 15 is 0 Å². The van der Waals surface area contributed by atoms with Gasteiger partial charge in [0.1, 0.15) is 6.10 Å². The second-order valence-electron chi connectivity index (χ2n) is 12.9. The summed E-state index contributed by atoms with van der Waals surface area (Å²) < 4.78 is 19.9. The summed E-state index contributed by atoms with van der Waals surface area (Å²) in [7, 11) is 0.730. The number of rotatable bonds is 24. The lowest BCUT2D eigenvalue weighted by atomic mass is 10.1. The minimum atomic E-state index is -0.691. The molecule has 0 rings (SSSR count). The van der Waals surface area contributed by atoms with Gasteiger partial charge >= 0.3 is 0 Å². The number of hydrogen-bond acceptors (Lipinski definition) is 3. The van der Waals surface area contributed by atoms with E-state index in [2.05, 4.69) is 106 Å². The molecule has 42 heavy (non-hydrogen) atoms. The molecule has 4 heteroatoms. The van der Waals surface area contributed by atoms with Gasteiger partial charge in [-0.15, -0.1) is 0 Å². The Morgan fingerprint density at radius 2 is 0.976 bits per heavy atom. The molecule has 0 N–H and O–H groups in total. The van der Waals surface area contributed by atoms with Gasteiger partial charge in [0.05, 0.1) is 30.1 Å². The Labute approximate surface area is 265 Å². The minimum Gasteiger partial charge on any atom is -0.369 e. The zero-order valence-corrected chi connectivity index (χ0v) is 31.7. The van der Waals surface area contributed by atoms with Gasteiger partial charge in [-0.3, -0.25) is 0 Å². The number of hydrogen-bond donors (Lipinski definition) is 0. The van der Waals surface area contributed by atoms with Crippen molar-refractivity contribution in [3.8, 4) is 0 Å². The first kappa shape index (κ1) is 40.5. The number of allylic oxidation sites excluding steroid dienone is 9. The molecule has 0 aromatic rings. The predicted octanol–water partition coefficient (Wildman–Crippen LogP) is 10.5. The second kappa shape index (κ2) is 24.9. The van der Waals surface area contributed by atoms with E-state index in [9.17, 15) is 0 Å². The van der Waals surface area contributed by atoms with E-state index in [0.29, 0.717) is 19.8 Å². The Kier molecular flexibility index (Phi) is 24.1. The molecule has 0 saturated carbocycles. The summed E-state index contributed by atoms with van der Waals surface area (Å²) in [6.45, 7) is 23.6. The topological polar surface area (TPSA) is 27.7 Å². The maximum atomic E-state index is 6.65. The number of unbranched alkanes of at least 4 members (excludes halogenated alkanes) is 3. The van der Waals surface area contributed by atoms with Crippen molar-refractivity contribution in [2.75, 3.05) is 19.8 Å². The van der Waals surface area contributed by atoms with Crippen LogP contribution in [0.25, 0.3) is 0 Å². The molecule has 0 aliphatic rings. The van der Waals surface area contributed by atoms with E-state index in [4.69, 9.17) is 14.2 Å². The standard InChI is InChI=1S/C38H68O3Si/c1-11-12-13-14-24-37(39-28-25-34(8)21-15-18-31(2)3)38(42,40-29-26-35(9)22-16-19-32(4)5)41-30-27-36(10)23-17-20-33(6)7/h18-20,25-27,37H,11-17,21-24,28-30H2,1-10,42H3. The summed E-state index contributed by atoms with van der Waals surface area (Å²) in [5, 5.41) is 0. The van der Waals surface area contributed by atoms with Gasteiger partial charge in [0.15, 0.2) is 5.41 Å². The third kappa shape index (κ3) is 23.0. The van der Waals surface area contributed by atoms with Crippen LogP contribution in [0.5, 0.6) is 0 Å². The van der Waals surface area contributed by atoms with Crippen LogP contribution in [0.4, 0.5) is 0 Å². The largest absolute Gasteiger partial charge is 0.369 e. The van der Waals surface area contributed by atoms with Crippen LogP contribution in [-0.4, -0.2) is 41.6 Å². The third-order valence-electron chi connectivity index (χ3n) is 7.51. The van der Waals surface area contributed by atoms with Crippen LogP contribution in [-0.2, 0) is 14.2 Å². The maximum Gasteiger partial charge on any atom is 0.167 e. The molecule has 0 bridgehead atoms. The molecule has 1 unspecified atom stereocenters. The van der Waals surface area contributed by atoms with Gasteiger partial charge in [-0.25, -0.2) is 0 Å². The van der Waals surface area contributed by atoms with Crippen molar-refractivity contribution >= 4 is 10.2 Å². The summed E-state index contributed by atoms with van der Waals surface area (Å²) in [5.41, 5.74) is 7.54. The lowest BCUT2D eigenvalue weighted by Gasteiger charge is -2.37. The first-order valence-electron chi connectivity index (χ1n) is 16.7. The molecule has 3 nitrogen and oxygen atoms in total. The molecule has 0 saturated heterocycles. The molecule has 0 heterocycles. The fraction of sp³-hybridized carbons (Fsp3) is 0.684. The molecule has 0 aliphatic carbocycles. The van der Waals surface area contributed by atoms with Gasteiger partial charge in [-0.05, 0) is 107 Å². The quantitative estimate of drug-likeness (QED) is 0.0477. The SMILES string of the molecule is CCCCCCC(OCC=C(C)CCC=C(C)C)C([SiH3])(OCC=C(C)CCC=C(C)C)OCC=C(C)CCC=C(C)C.